The fourth-order valence-corrected chi connectivity index (χ4v) is 8.08. The molecule has 0 saturated carbocycles. The van der Waals surface area contributed by atoms with Crippen LogP contribution in [0.25, 0.3) is 32.7 Å². The number of halogens is 1. The number of hydrogen-bond acceptors (Lipinski definition) is 5. The highest BCUT2D eigenvalue weighted by atomic mass is 32.2. The van der Waals surface area contributed by atoms with Crippen molar-refractivity contribution in [1.29, 1.82) is 0 Å². The van der Waals surface area contributed by atoms with E-state index in [0.29, 0.717) is 18.7 Å². The molecular formula is C38H39FN2O3S2Si. The van der Waals surface area contributed by atoms with Crippen molar-refractivity contribution in [3.63, 3.8) is 0 Å². The van der Waals surface area contributed by atoms with Gasteiger partial charge in [0.15, 0.2) is 8.32 Å². The molecule has 0 saturated heterocycles. The SMILES string of the molecule is Cc1ccc(S(=O)(=O)Nc2ccc(-c3c(C#CCCO[Si](C)(C)C(C)(C)C)sc(-c4ccc(F)cc4)c3-c3ccncc3)cc2)cc1. The fraction of sp³-hybridized carbons (Fsp3) is 0.237. The highest BCUT2D eigenvalue weighted by Crippen LogP contribution is 2.48. The van der Waals surface area contributed by atoms with E-state index in [1.165, 1.54) is 12.1 Å². The van der Waals surface area contributed by atoms with E-state index in [1.807, 2.05) is 31.2 Å². The third-order valence-corrected chi connectivity index (χ3v) is 15.5. The Bertz CT molecular complexity index is 2010. The Morgan fingerprint density at radius 3 is 2.06 bits per heavy atom. The van der Waals surface area contributed by atoms with Crippen molar-refractivity contribution in [1.82, 2.24) is 4.98 Å². The molecule has 0 aliphatic carbocycles. The van der Waals surface area contributed by atoms with E-state index in [-0.39, 0.29) is 15.8 Å². The average molecular weight is 683 g/mol. The molecule has 0 atom stereocenters. The molecule has 3 aromatic carbocycles. The Morgan fingerprint density at radius 2 is 1.45 bits per heavy atom. The first kappa shape index (κ1) is 34.3. The maximum absolute atomic E-state index is 14.0. The van der Waals surface area contributed by atoms with Crippen LogP contribution in [0.2, 0.25) is 18.1 Å². The Hall–Kier alpha value is -4.07. The number of nitrogens with one attached hydrogen (secondary N) is 1. The Morgan fingerprint density at radius 1 is 0.851 bits per heavy atom. The summed E-state index contributed by atoms with van der Waals surface area (Å²) in [5.41, 5.74) is 6.01. The molecular weight excluding hydrogens is 644 g/mol. The van der Waals surface area contributed by atoms with Crippen LogP contribution < -0.4 is 4.72 Å². The molecule has 0 unspecified atom stereocenters. The molecule has 0 fully saturated rings. The van der Waals surface area contributed by atoms with Gasteiger partial charge in [0.1, 0.15) is 5.82 Å². The number of aromatic nitrogens is 1. The van der Waals surface area contributed by atoms with Gasteiger partial charge in [-0.05, 0) is 90.3 Å². The predicted octanol–water partition coefficient (Wildman–Crippen LogP) is 10.2. The van der Waals surface area contributed by atoms with Crippen LogP contribution in [-0.2, 0) is 14.4 Å². The van der Waals surface area contributed by atoms with Crippen molar-refractivity contribution in [2.45, 2.75) is 57.1 Å². The number of rotatable bonds is 9. The van der Waals surface area contributed by atoms with Gasteiger partial charge in [-0.15, -0.1) is 11.3 Å². The third kappa shape index (κ3) is 8.08. The number of anilines is 1. The average Bonchev–Trinajstić information content (AvgIpc) is 3.41. The minimum Gasteiger partial charge on any atom is -0.416 e. The Balaban J connectivity index is 1.56. The van der Waals surface area contributed by atoms with Crippen molar-refractivity contribution in [2.75, 3.05) is 11.3 Å². The molecule has 5 rings (SSSR count). The molecule has 0 amide bonds. The molecule has 47 heavy (non-hydrogen) atoms. The molecule has 5 nitrogen and oxygen atoms in total. The van der Waals surface area contributed by atoms with E-state index in [9.17, 15) is 12.8 Å². The molecule has 5 aromatic rings. The van der Waals surface area contributed by atoms with Crippen molar-refractivity contribution >= 4 is 35.4 Å². The second kappa shape index (κ2) is 14.0. The van der Waals surface area contributed by atoms with E-state index >= 15 is 0 Å². The number of aryl methyl sites for hydroxylation is 1. The zero-order valence-electron chi connectivity index (χ0n) is 27.5. The monoisotopic (exact) mass is 682 g/mol. The summed E-state index contributed by atoms with van der Waals surface area (Å²) in [6.07, 6.45) is 4.08. The fourth-order valence-electron chi connectivity index (χ4n) is 4.75. The van der Waals surface area contributed by atoms with Gasteiger partial charge in [-0.1, -0.05) is 74.6 Å². The van der Waals surface area contributed by atoms with E-state index in [1.54, 1.807) is 72.3 Å². The highest BCUT2D eigenvalue weighted by Gasteiger charge is 2.36. The zero-order valence-corrected chi connectivity index (χ0v) is 30.2. The first-order chi connectivity index (χ1) is 22.2. The van der Waals surface area contributed by atoms with Crippen molar-refractivity contribution in [3.8, 4) is 44.5 Å². The first-order valence-corrected chi connectivity index (χ1v) is 20.6. The van der Waals surface area contributed by atoms with E-state index in [2.05, 4.69) is 55.4 Å². The summed E-state index contributed by atoms with van der Waals surface area (Å²) < 4.78 is 49.1. The second-order valence-corrected chi connectivity index (χ2v) is 20.4. The highest BCUT2D eigenvalue weighted by molar-refractivity contribution is 7.92. The topological polar surface area (TPSA) is 68.3 Å². The lowest BCUT2D eigenvalue weighted by Crippen LogP contribution is -2.40. The van der Waals surface area contributed by atoms with Crippen LogP contribution in [0.1, 0.15) is 37.6 Å². The zero-order chi connectivity index (χ0) is 33.8. The van der Waals surface area contributed by atoms with Gasteiger partial charge in [0.05, 0.1) is 9.77 Å². The number of thiophene rings is 1. The number of pyridine rings is 1. The van der Waals surface area contributed by atoms with Crippen molar-refractivity contribution in [2.24, 2.45) is 0 Å². The molecule has 2 aromatic heterocycles. The van der Waals surface area contributed by atoms with Gasteiger partial charge in [0.2, 0.25) is 0 Å². The lowest BCUT2D eigenvalue weighted by molar-refractivity contribution is 0.296. The standard InChI is InChI=1S/C38H39FN2O3S2Si/c1-27-10-20-33(21-11-27)46(42,43)41-32-18-14-28(15-19-32)35-34(9-7-8-26-44-47(5,6)38(2,3)4)45-37(30-12-16-31(39)17-13-30)36(35)29-22-24-40-25-23-29/h10-25,41H,8,26H2,1-6H3. The molecule has 0 radical (unpaired) electrons. The quantitative estimate of drug-likeness (QED) is 0.0955. The summed E-state index contributed by atoms with van der Waals surface area (Å²) in [5, 5.41) is 0.116. The van der Waals surface area contributed by atoms with Crippen molar-refractivity contribution < 1.29 is 17.2 Å². The maximum atomic E-state index is 14.0. The van der Waals surface area contributed by atoms with Crippen LogP contribution >= 0.6 is 11.3 Å². The van der Waals surface area contributed by atoms with E-state index in [0.717, 1.165) is 43.1 Å². The molecule has 2 heterocycles. The number of benzene rings is 3. The predicted molar refractivity (Wildman–Crippen MR) is 195 cm³/mol. The molecule has 242 valence electrons. The van der Waals surface area contributed by atoms with Crippen LogP contribution in [0.15, 0.2) is 102 Å². The van der Waals surface area contributed by atoms with Gasteiger partial charge in [0.25, 0.3) is 10.0 Å². The lowest BCUT2D eigenvalue weighted by Gasteiger charge is -2.35. The van der Waals surface area contributed by atoms with E-state index < -0.39 is 18.3 Å². The summed E-state index contributed by atoms with van der Waals surface area (Å²) in [6.45, 7) is 13.6. The summed E-state index contributed by atoms with van der Waals surface area (Å²) >= 11 is 1.56. The van der Waals surface area contributed by atoms with Crippen LogP contribution in [0.3, 0.4) is 0 Å². The van der Waals surface area contributed by atoms with Gasteiger partial charge in [0, 0.05) is 47.1 Å². The van der Waals surface area contributed by atoms with Crippen LogP contribution in [0.4, 0.5) is 10.1 Å². The summed E-state index contributed by atoms with van der Waals surface area (Å²) in [7, 11) is -5.65. The molecule has 9 heteroatoms. The van der Waals surface area contributed by atoms with Crippen LogP contribution in [-0.4, -0.2) is 28.3 Å². The minimum atomic E-state index is -3.76. The molecule has 0 aliphatic heterocycles. The first-order valence-electron chi connectivity index (χ1n) is 15.4. The third-order valence-electron chi connectivity index (χ3n) is 8.44. The van der Waals surface area contributed by atoms with Gasteiger partial charge in [-0.3, -0.25) is 9.71 Å². The summed E-state index contributed by atoms with van der Waals surface area (Å²) in [5.74, 6) is 6.47. The van der Waals surface area contributed by atoms with Crippen LogP contribution in [0.5, 0.6) is 0 Å². The smallest absolute Gasteiger partial charge is 0.261 e. The molecule has 0 bridgehead atoms. The molecule has 0 aliphatic rings. The van der Waals surface area contributed by atoms with Gasteiger partial charge >= 0.3 is 0 Å². The van der Waals surface area contributed by atoms with Gasteiger partial charge < -0.3 is 4.43 Å². The largest absolute Gasteiger partial charge is 0.416 e. The van der Waals surface area contributed by atoms with Gasteiger partial charge in [-0.25, -0.2) is 12.8 Å². The summed E-state index contributed by atoms with van der Waals surface area (Å²) in [4.78, 5) is 6.24. The van der Waals surface area contributed by atoms with Crippen LogP contribution in [0, 0.1) is 24.6 Å². The maximum Gasteiger partial charge on any atom is 0.261 e. The number of sulfonamides is 1. The second-order valence-electron chi connectivity index (χ2n) is 12.9. The Kier molecular flexibility index (Phi) is 10.2. The van der Waals surface area contributed by atoms with Gasteiger partial charge in [-0.2, -0.15) is 0 Å². The normalized spacial score (nSPS) is 12.0. The molecule has 0 spiro atoms. The van der Waals surface area contributed by atoms with Crippen molar-refractivity contribution in [3.05, 3.63) is 114 Å². The molecule has 1 N–H and O–H groups in total. The lowest BCUT2D eigenvalue weighted by atomic mass is 9.93. The summed E-state index contributed by atoms with van der Waals surface area (Å²) in [6, 6.07) is 24.5. The number of nitrogens with zero attached hydrogens (tertiary/aromatic N) is 1. The minimum absolute atomic E-state index is 0.116. The number of hydrogen-bond donors (Lipinski definition) is 1. The van der Waals surface area contributed by atoms with E-state index in [4.69, 9.17) is 4.43 Å². The Labute approximate surface area is 283 Å².